The molecule has 0 spiro atoms. The Hall–Kier alpha value is -3.26. The topological polar surface area (TPSA) is 24.1 Å². The molecule has 136 valence electrons. The molecule has 3 aromatic rings. The third kappa shape index (κ3) is 5.35. The molecule has 2 N–H and O–H groups in total. The Morgan fingerprint density at radius 1 is 0.741 bits per heavy atom. The maximum atomic E-state index is 3.46. The van der Waals surface area contributed by atoms with Gasteiger partial charge in [-0.3, -0.25) is 0 Å². The van der Waals surface area contributed by atoms with Crippen molar-refractivity contribution < 1.29 is 0 Å². The summed E-state index contributed by atoms with van der Waals surface area (Å²) in [6.45, 7) is 4.18. The molecule has 0 atom stereocenters. The summed E-state index contributed by atoms with van der Waals surface area (Å²) < 4.78 is 0. The molecule has 0 radical (unpaired) electrons. The van der Waals surface area contributed by atoms with Gasteiger partial charge in [-0.1, -0.05) is 61.5 Å². The Bertz CT molecular complexity index is 889. The summed E-state index contributed by atoms with van der Waals surface area (Å²) in [6.07, 6.45) is 7.34. The van der Waals surface area contributed by atoms with Crippen LogP contribution in [0.5, 0.6) is 0 Å². The normalized spacial score (nSPS) is 11.6. The smallest absolute Gasteiger partial charge is 0.0384 e. The second-order valence-electron chi connectivity index (χ2n) is 6.34. The Morgan fingerprint density at radius 2 is 1.30 bits per heavy atom. The first-order valence-corrected chi connectivity index (χ1v) is 9.41. The summed E-state index contributed by atoms with van der Waals surface area (Å²) in [6, 6.07) is 27.3. The lowest BCUT2D eigenvalue weighted by Crippen LogP contribution is -1.96. The van der Waals surface area contributed by atoms with Gasteiger partial charge in [-0.25, -0.2) is 0 Å². The van der Waals surface area contributed by atoms with Crippen LogP contribution in [0.25, 0.3) is 11.1 Å². The Balaban J connectivity index is 1.69. The van der Waals surface area contributed by atoms with Gasteiger partial charge in [0.2, 0.25) is 0 Å². The largest absolute Gasteiger partial charge is 0.356 e. The summed E-state index contributed by atoms with van der Waals surface area (Å²) in [5, 5.41) is 6.87. The fourth-order valence-corrected chi connectivity index (χ4v) is 2.91. The Morgan fingerprint density at radius 3 is 1.85 bits per heavy atom. The van der Waals surface area contributed by atoms with Crippen molar-refractivity contribution in [3.63, 3.8) is 0 Å². The highest BCUT2D eigenvalue weighted by atomic mass is 14.9. The van der Waals surface area contributed by atoms with Crippen LogP contribution in [-0.4, -0.2) is 0 Å². The number of anilines is 3. The number of hydrogen-bond acceptors (Lipinski definition) is 2. The highest BCUT2D eigenvalue weighted by Gasteiger charge is 2.00. The van der Waals surface area contributed by atoms with E-state index in [0.29, 0.717) is 0 Å². The van der Waals surface area contributed by atoms with Crippen LogP contribution in [-0.2, 0) is 0 Å². The van der Waals surface area contributed by atoms with E-state index in [1.165, 1.54) is 11.1 Å². The first-order chi connectivity index (χ1) is 13.3. The summed E-state index contributed by atoms with van der Waals surface area (Å²) in [4.78, 5) is 0. The van der Waals surface area contributed by atoms with Crippen LogP contribution < -0.4 is 10.6 Å². The summed E-state index contributed by atoms with van der Waals surface area (Å²) >= 11 is 0. The van der Waals surface area contributed by atoms with Crippen LogP contribution in [0.4, 0.5) is 17.1 Å². The molecule has 0 aliphatic rings. The molecule has 0 amide bonds. The van der Waals surface area contributed by atoms with Crippen molar-refractivity contribution in [3.8, 4) is 11.1 Å². The Kier molecular flexibility index (Phi) is 6.48. The van der Waals surface area contributed by atoms with Gasteiger partial charge >= 0.3 is 0 Å². The SMILES string of the molecule is C/C=C\C(=C/CC)Nc1ccc(-c2ccc(Nc3ccccc3)cc2)cc1. The number of rotatable bonds is 7. The summed E-state index contributed by atoms with van der Waals surface area (Å²) in [5.74, 6) is 0. The molecule has 0 aliphatic heterocycles. The first-order valence-electron chi connectivity index (χ1n) is 9.41. The van der Waals surface area contributed by atoms with Crippen LogP contribution in [0.3, 0.4) is 0 Å². The average Bonchev–Trinajstić information content (AvgIpc) is 2.70. The molecule has 0 fully saturated rings. The van der Waals surface area contributed by atoms with E-state index in [2.05, 4.69) is 90.4 Å². The third-order valence-electron chi connectivity index (χ3n) is 4.22. The Labute approximate surface area is 162 Å². The van der Waals surface area contributed by atoms with Gasteiger partial charge in [-0.2, -0.15) is 0 Å². The number of para-hydroxylation sites is 1. The highest BCUT2D eigenvalue weighted by molar-refractivity contribution is 5.70. The molecule has 0 aliphatic carbocycles. The van der Waals surface area contributed by atoms with Gasteiger partial charge in [0.05, 0.1) is 0 Å². The molecule has 0 aromatic heterocycles. The molecule has 2 heteroatoms. The van der Waals surface area contributed by atoms with Gasteiger partial charge in [0, 0.05) is 22.8 Å². The zero-order valence-corrected chi connectivity index (χ0v) is 15.9. The number of benzene rings is 3. The fraction of sp³-hybridized carbons (Fsp3) is 0.120. The molecular formula is C25H26N2. The lowest BCUT2D eigenvalue weighted by atomic mass is 10.0. The standard InChI is InChI=1S/C25H26N2/c1-3-8-22(9-4-2)26-24-16-12-20(13-17-24)21-14-18-25(19-15-21)27-23-10-6-5-7-11-23/h3,5-19,26-27H,4H2,1-2H3/b8-3-,22-9+. The van der Waals surface area contributed by atoms with E-state index in [4.69, 9.17) is 0 Å². The summed E-state index contributed by atoms with van der Waals surface area (Å²) in [5.41, 5.74) is 6.82. The molecule has 27 heavy (non-hydrogen) atoms. The zero-order valence-electron chi connectivity index (χ0n) is 15.9. The van der Waals surface area contributed by atoms with Gasteiger partial charge in [0.1, 0.15) is 0 Å². The van der Waals surface area contributed by atoms with E-state index in [1.807, 2.05) is 31.2 Å². The minimum atomic E-state index is 1.01. The number of allylic oxidation sites excluding steroid dienone is 3. The molecule has 3 rings (SSSR count). The second kappa shape index (κ2) is 9.44. The highest BCUT2D eigenvalue weighted by Crippen LogP contribution is 2.25. The zero-order chi connectivity index (χ0) is 18.9. The van der Waals surface area contributed by atoms with Gasteiger partial charge in [-0.05, 0) is 66.9 Å². The third-order valence-corrected chi connectivity index (χ3v) is 4.22. The molecule has 0 heterocycles. The first kappa shape index (κ1) is 18.5. The molecule has 2 nitrogen and oxygen atoms in total. The van der Waals surface area contributed by atoms with Gasteiger partial charge in [0.25, 0.3) is 0 Å². The van der Waals surface area contributed by atoms with E-state index < -0.39 is 0 Å². The van der Waals surface area contributed by atoms with Gasteiger partial charge < -0.3 is 10.6 Å². The van der Waals surface area contributed by atoms with Crippen molar-refractivity contribution in [2.75, 3.05) is 10.6 Å². The lowest BCUT2D eigenvalue weighted by molar-refractivity contribution is 1.20. The predicted molar refractivity (Wildman–Crippen MR) is 118 cm³/mol. The predicted octanol–water partition coefficient (Wildman–Crippen LogP) is 7.38. The lowest BCUT2D eigenvalue weighted by Gasteiger charge is -2.10. The molecule has 0 bridgehead atoms. The fourth-order valence-electron chi connectivity index (χ4n) is 2.91. The van der Waals surface area contributed by atoms with E-state index in [9.17, 15) is 0 Å². The molecular weight excluding hydrogens is 328 g/mol. The van der Waals surface area contributed by atoms with Crippen molar-refractivity contribution in [1.29, 1.82) is 0 Å². The van der Waals surface area contributed by atoms with E-state index in [-0.39, 0.29) is 0 Å². The maximum Gasteiger partial charge on any atom is 0.0384 e. The molecule has 0 saturated heterocycles. The van der Waals surface area contributed by atoms with Gasteiger partial charge in [-0.15, -0.1) is 0 Å². The molecule has 0 saturated carbocycles. The van der Waals surface area contributed by atoms with Crippen molar-refractivity contribution in [2.45, 2.75) is 20.3 Å². The van der Waals surface area contributed by atoms with E-state index in [0.717, 1.165) is 29.2 Å². The summed E-state index contributed by atoms with van der Waals surface area (Å²) in [7, 11) is 0. The maximum absolute atomic E-state index is 3.46. The molecule has 3 aromatic carbocycles. The van der Waals surface area contributed by atoms with Crippen molar-refractivity contribution in [2.24, 2.45) is 0 Å². The van der Waals surface area contributed by atoms with Crippen LogP contribution in [0.2, 0.25) is 0 Å². The van der Waals surface area contributed by atoms with E-state index in [1.54, 1.807) is 0 Å². The van der Waals surface area contributed by atoms with Crippen LogP contribution in [0, 0.1) is 0 Å². The monoisotopic (exact) mass is 354 g/mol. The average molecular weight is 354 g/mol. The van der Waals surface area contributed by atoms with E-state index >= 15 is 0 Å². The van der Waals surface area contributed by atoms with Crippen LogP contribution >= 0.6 is 0 Å². The number of hydrogen-bond donors (Lipinski definition) is 2. The quantitative estimate of drug-likeness (QED) is 0.432. The van der Waals surface area contributed by atoms with Crippen LogP contribution in [0.15, 0.2) is 103 Å². The van der Waals surface area contributed by atoms with Crippen LogP contribution in [0.1, 0.15) is 20.3 Å². The van der Waals surface area contributed by atoms with Gasteiger partial charge in [0.15, 0.2) is 0 Å². The minimum Gasteiger partial charge on any atom is -0.356 e. The second-order valence-corrected chi connectivity index (χ2v) is 6.34. The van der Waals surface area contributed by atoms with Crippen molar-refractivity contribution in [3.05, 3.63) is 103 Å². The molecule has 0 unspecified atom stereocenters. The number of nitrogens with one attached hydrogen (secondary N) is 2. The minimum absolute atomic E-state index is 1.01. The van der Waals surface area contributed by atoms with Crippen molar-refractivity contribution in [1.82, 2.24) is 0 Å². The van der Waals surface area contributed by atoms with Crippen molar-refractivity contribution >= 4 is 17.1 Å².